The van der Waals surface area contributed by atoms with Crippen LogP contribution in [0.25, 0.3) is 0 Å². The summed E-state index contributed by atoms with van der Waals surface area (Å²) in [6, 6.07) is 13.7. The van der Waals surface area contributed by atoms with E-state index < -0.39 is 0 Å². The molecule has 0 aliphatic rings. The molecule has 0 aliphatic carbocycles. The van der Waals surface area contributed by atoms with E-state index in [1.807, 2.05) is 30.3 Å². The van der Waals surface area contributed by atoms with Crippen LogP contribution in [0.1, 0.15) is 5.56 Å². The van der Waals surface area contributed by atoms with Gasteiger partial charge in [-0.1, -0.05) is 29.8 Å². The Kier molecular flexibility index (Phi) is 3.32. The first-order valence-electron chi connectivity index (χ1n) is 4.80. The molecule has 0 spiro atoms. The maximum absolute atomic E-state index is 12.8. The van der Waals surface area contributed by atoms with Gasteiger partial charge >= 0.3 is 0 Å². The Labute approximate surface area is 98.2 Å². The molecule has 80 valence electrons. The summed E-state index contributed by atoms with van der Waals surface area (Å²) >= 11 is 5.86. The first-order chi connectivity index (χ1) is 7.75. The fraction of sp³-hybridized carbons (Fsp3) is 0. The van der Waals surface area contributed by atoms with Gasteiger partial charge in [-0.05, 0) is 30.3 Å². The van der Waals surface area contributed by atoms with E-state index in [2.05, 4.69) is 4.99 Å². The Balaban J connectivity index is 2.24. The largest absolute Gasteiger partial charge is 0.256 e. The van der Waals surface area contributed by atoms with Gasteiger partial charge in [-0.25, -0.2) is 4.39 Å². The molecule has 2 aromatic carbocycles. The lowest BCUT2D eigenvalue weighted by Gasteiger charge is -1.97. The van der Waals surface area contributed by atoms with Crippen molar-refractivity contribution in [2.75, 3.05) is 0 Å². The first kappa shape index (κ1) is 10.8. The van der Waals surface area contributed by atoms with Crippen LogP contribution in [-0.2, 0) is 0 Å². The Bertz CT molecular complexity index is 509. The second-order valence-electron chi connectivity index (χ2n) is 3.26. The van der Waals surface area contributed by atoms with Crippen LogP contribution in [0.5, 0.6) is 0 Å². The van der Waals surface area contributed by atoms with Crippen LogP contribution in [0.15, 0.2) is 53.5 Å². The molecule has 0 aliphatic heterocycles. The number of halogens is 2. The van der Waals surface area contributed by atoms with Gasteiger partial charge in [-0.15, -0.1) is 0 Å². The smallest absolute Gasteiger partial charge is 0.124 e. The summed E-state index contributed by atoms with van der Waals surface area (Å²) < 4.78 is 12.8. The van der Waals surface area contributed by atoms with Gasteiger partial charge in [0.2, 0.25) is 0 Å². The minimum absolute atomic E-state index is 0.345. The number of para-hydroxylation sites is 1. The minimum Gasteiger partial charge on any atom is -0.256 e. The quantitative estimate of drug-likeness (QED) is 0.689. The Morgan fingerprint density at radius 3 is 2.50 bits per heavy atom. The summed E-state index contributed by atoms with van der Waals surface area (Å²) in [4.78, 5) is 4.24. The summed E-state index contributed by atoms with van der Waals surface area (Å²) in [5.74, 6) is -0.345. The number of hydrogen-bond acceptors (Lipinski definition) is 1. The first-order valence-corrected chi connectivity index (χ1v) is 5.18. The fourth-order valence-corrected chi connectivity index (χ4v) is 1.48. The van der Waals surface area contributed by atoms with Crippen molar-refractivity contribution in [3.8, 4) is 0 Å². The highest BCUT2D eigenvalue weighted by Crippen LogP contribution is 2.17. The SMILES string of the molecule is Fc1ccc(C=Nc2ccccc2)c(Cl)c1. The molecule has 0 saturated carbocycles. The van der Waals surface area contributed by atoms with Crippen LogP contribution in [0.3, 0.4) is 0 Å². The van der Waals surface area contributed by atoms with Gasteiger partial charge in [0.1, 0.15) is 5.82 Å². The van der Waals surface area contributed by atoms with Crippen LogP contribution in [-0.4, -0.2) is 6.21 Å². The lowest BCUT2D eigenvalue weighted by Crippen LogP contribution is -1.84. The van der Waals surface area contributed by atoms with E-state index in [1.165, 1.54) is 12.1 Å². The van der Waals surface area contributed by atoms with E-state index in [0.717, 1.165) is 5.69 Å². The van der Waals surface area contributed by atoms with Gasteiger partial charge in [0.05, 0.1) is 10.7 Å². The summed E-state index contributed by atoms with van der Waals surface area (Å²) in [5, 5.41) is 0.361. The zero-order valence-corrected chi connectivity index (χ0v) is 9.16. The predicted octanol–water partition coefficient (Wildman–Crippen LogP) is 4.23. The highest BCUT2D eigenvalue weighted by molar-refractivity contribution is 6.33. The van der Waals surface area contributed by atoms with Gasteiger partial charge < -0.3 is 0 Å². The zero-order chi connectivity index (χ0) is 11.4. The molecule has 0 unspecified atom stereocenters. The summed E-state index contributed by atoms with van der Waals surface area (Å²) in [6.07, 6.45) is 1.62. The molecule has 0 radical (unpaired) electrons. The molecular weight excluding hydrogens is 225 g/mol. The molecule has 2 aromatic rings. The van der Waals surface area contributed by atoms with Crippen LogP contribution in [0, 0.1) is 5.82 Å². The minimum atomic E-state index is -0.345. The zero-order valence-electron chi connectivity index (χ0n) is 8.40. The third kappa shape index (κ3) is 2.67. The average Bonchev–Trinajstić information content (AvgIpc) is 2.29. The number of benzene rings is 2. The standard InChI is InChI=1S/C13H9ClFN/c14-13-8-11(15)7-6-10(13)9-16-12-4-2-1-3-5-12/h1-9H. The molecule has 0 aromatic heterocycles. The third-order valence-corrected chi connectivity index (χ3v) is 2.40. The highest BCUT2D eigenvalue weighted by Gasteiger charge is 1.98. The topological polar surface area (TPSA) is 12.4 Å². The molecule has 3 heteroatoms. The molecule has 16 heavy (non-hydrogen) atoms. The van der Waals surface area contributed by atoms with Crippen LogP contribution in [0.4, 0.5) is 10.1 Å². The highest BCUT2D eigenvalue weighted by atomic mass is 35.5. The number of rotatable bonds is 2. The molecule has 0 amide bonds. The lowest BCUT2D eigenvalue weighted by molar-refractivity contribution is 0.628. The van der Waals surface area contributed by atoms with E-state index in [9.17, 15) is 4.39 Å². The number of aliphatic imine (C=N–C) groups is 1. The molecule has 2 rings (SSSR count). The molecule has 1 nitrogen and oxygen atoms in total. The van der Waals surface area contributed by atoms with Crippen molar-refractivity contribution < 1.29 is 4.39 Å². The van der Waals surface area contributed by atoms with Crippen molar-refractivity contribution in [2.45, 2.75) is 0 Å². The van der Waals surface area contributed by atoms with Gasteiger partial charge in [-0.3, -0.25) is 4.99 Å². The summed E-state index contributed by atoms with van der Waals surface area (Å²) in [7, 11) is 0. The van der Waals surface area contributed by atoms with Gasteiger partial charge in [0.15, 0.2) is 0 Å². The van der Waals surface area contributed by atoms with E-state index in [4.69, 9.17) is 11.6 Å². The second-order valence-corrected chi connectivity index (χ2v) is 3.67. The molecule has 0 bridgehead atoms. The van der Waals surface area contributed by atoms with Crippen LogP contribution < -0.4 is 0 Å². The van der Waals surface area contributed by atoms with Gasteiger partial charge in [-0.2, -0.15) is 0 Å². The average molecular weight is 234 g/mol. The fourth-order valence-electron chi connectivity index (χ4n) is 1.26. The monoisotopic (exact) mass is 233 g/mol. The van der Waals surface area contributed by atoms with E-state index in [0.29, 0.717) is 10.6 Å². The second kappa shape index (κ2) is 4.90. The molecule has 0 fully saturated rings. The maximum atomic E-state index is 12.8. The molecular formula is C13H9ClFN. The maximum Gasteiger partial charge on any atom is 0.124 e. The van der Waals surface area contributed by atoms with Crippen molar-refractivity contribution in [1.82, 2.24) is 0 Å². The van der Waals surface area contributed by atoms with Crippen molar-refractivity contribution in [2.24, 2.45) is 4.99 Å². The Hall–Kier alpha value is -1.67. The third-order valence-electron chi connectivity index (χ3n) is 2.07. The van der Waals surface area contributed by atoms with Crippen molar-refractivity contribution in [3.63, 3.8) is 0 Å². The van der Waals surface area contributed by atoms with Crippen molar-refractivity contribution in [1.29, 1.82) is 0 Å². The molecule has 0 heterocycles. The molecule has 0 saturated heterocycles. The van der Waals surface area contributed by atoms with Crippen LogP contribution >= 0.6 is 11.6 Å². The van der Waals surface area contributed by atoms with Gasteiger partial charge in [0.25, 0.3) is 0 Å². The van der Waals surface area contributed by atoms with Crippen molar-refractivity contribution >= 4 is 23.5 Å². The molecule has 0 N–H and O–H groups in total. The van der Waals surface area contributed by atoms with E-state index in [-0.39, 0.29) is 5.82 Å². The van der Waals surface area contributed by atoms with Crippen molar-refractivity contribution in [3.05, 3.63) is 64.9 Å². The van der Waals surface area contributed by atoms with E-state index in [1.54, 1.807) is 12.3 Å². The summed E-state index contributed by atoms with van der Waals surface area (Å²) in [5.41, 5.74) is 1.54. The molecule has 0 atom stereocenters. The number of nitrogens with zero attached hydrogens (tertiary/aromatic N) is 1. The van der Waals surface area contributed by atoms with Gasteiger partial charge in [0, 0.05) is 11.8 Å². The Morgan fingerprint density at radius 1 is 1.06 bits per heavy atom. The van der Waals surface area contributed by atoms with Crippen LogP contribution in [0.2, 0.25) is 5.02 Å². The lowest BCUT2D eigenvalue weighted by atomic mass is 10.2. The predicted molar refractivity (Wildman–Crippen MR) is 65.1 cm³/mol. The normalized spacial score (nSPS) is 10.9. The van der Waals surface area contributed by atoms with E-state index >= 15 is 0 Å². The summed E-state index contributed by atoms with van der Waals surface area (Å²) in [6.45, 7) is 0. The Morgan fingerprint density at radius 2 is 1.81 bits per heavy atom. The number of hydrogen-bond donors (Lipinski definition) is 0.